The van der Waals surface area contributed by atoms with Gasteiger partial charge in [-0.2, -0.15) is 0 Å². The Bertz CT molecular complexity index is 1040. The number of thioether (sulfide) groups is 1. The molecule has 1 amide bonds. The summed E-state index contributed by atoms with van der Waals surface area (Å²) in [5.74, 6) is 0.932. The minimum absolute atomic E-state index is 0.0127. The summed E-state index contributed by atoms with van der Waals surface area (Å²) in [4.78, 5) is 15.3. The van der Waals surface area contributed by atoms with Gasteiger partial charge >= 0.3 is 0 Å². The Balaban J connectivity index is 1.35. The number of ether oxygens (including phenoxy) is 2. The quantitative estimate of drug-likeness (QED) is 0.548. The highest BCUT2D eigenvalue weighted by Gasteiger charge is 2.33. The Morgan fingerprint density at radius 3 is 2.81 bits per heavy atom. The van der Waals surface area contributed by atoms with Gasteiger partial charge < -0.3 is 9.47 Å². The third-order valence-corrected chi connectivity index (χ3v) is 6.45. The number of fused-ring (bicyclic) bond motifs is 1. The zero-order valence-electron chi connectivity index (χ0n) is 17.0. The number of aromatic nitrogens is 4. The molecule has 1 fully saturated rings. The predicted molar refractivity (Wildman–Crippen MR) is 116 cm³/mol. The van der Waals surface area contributed by atoms with Crippen LogP contribution in [0.25, 0.3) is 0 Å². The van der Waals surface area contributed by atoms with E-state index < -0.39 is 0 Å². The summed E-state index contributed by atoms with van der Waals surface area (Å²) in [5, 5.41) is 12.6. The van der Waals surface area contributed by atoms with Crippen molar-refractivity contribution in [1.82, 2.24) is 20.2 Å². The lowest BCUT2D eigenvalue weighted by Gasteiger charge is -2.37. The fourth-order valence-electron chi connectivity index (χ4n) is 4.01. The summed E-state index contributed by atoms with van der Waals surface area (Å²) in [6, 6.07) is 17.4. The molecule has 0 aliphatic carbocycles. The molecule has 2 aromatic carbocycles. The van der Waals surface area contributed by atoms with Crippen LogP contribution >= 0.6 is 11.8 Å². The van der Waals surface area contributed by atoms with E-state index in [1.54, 1.807) is 4.68 Å². The molecule has 31 heavy (non-hydrogen) atoms. The second kappa shape index (κ2) is 9.07. The molecule has 2 aliphatic heterocycles. The molecule has 1 saturated heterocycles. The molecule has 9 heteroatoms. The molecule has 0 N–H and O–H groups in total. The summed E-state index contributed by atoms with van der Waals surface area (Å²) in [6.45, 7) is 1.80. The minimum atomic E-state index is -0.188. The van der Waals surface area contributed by atoms with Gasteiger partial charge in [-0.3, -0.25) is 9.69 Å². The normalized spacial score (nSPS) is 20.3. The van der Waals surface area contributed by atoms with Gasteiger partial charge in [0.15, 0.2) is 0 Å². The van der Waals surface area contributed by atoms with Crippen molar-refractivity contribution in [2.75, 3.05) is 23.9 Å². The molecule has 8 nitrogen and oxygen atoms in total. The Kier molecular flexibility index (Phi) is 5.86. The van der Waals surface area contributed by atoms with Crippen LogP contribution in [0, 0.1) is 0 Å². The van der Waals surface area contributed by atoms with E-state index >= 15 is 0 Å². The maximum Gasteiger partial charge on any atom is 0.238 e. The molecular weight excluding hydrogens is 414 g/mol. The van der Waals surface area contributed by atoms with E-state index in [-0.39, 0.29) is 23.8 Å². The van der Waals surface area contributed by atoms with Crippen molar-refractivity contribution in [2.24, 2.45) is 0 Å². The number of hydrogen-bond donors (Lipinski definition) is 0. The molecule has 5 rings (SSSR count). The lowest BCUT2D eigenvalue weighted by Crippen LogP contribution is -2.42. The average molecular weight is 438 g/mol. The second-order valence-electron chi connectivity index (χ2n) is 7.54. The summed E-state index contributed by atoms with van der Waals surface area (Å²) in [5.41, 5.74) is 1.82. The number of anilines is 1. The Morgan fingerprint density at radius 1 is 1.13 bits per heavy atom. The van der Waals surface area contributed by atoms with Gasteiger partial charge in [0, 0.05) is 6.61 Å². The number of benzene rings is 2. The Morgan fingerprint density at radius 2 is 1.97 bits per heavy atom. The molecule has 1 aromatic heterocycles. The third kappa shape index (κ3) is 4.28. The lowest BCUT2D eigenvalue weighted by atomic mass is 10.0. The van der Waals surface area contributed by atoms with Gasteiger partial charge in [-0.1, -0.05) is 54.2 Å². The van der Waals surface area contributed by atoms with Crippen LogP contribution in [0.1, 0.15) is 24.4 Å². The number of rotatable bonds is 6. The van der Waals surface area contributed by atoms with E-state index in [2.05, 4.69) is 15.5 Å². The number of para-hydroxylation sites is 2. The molecule has 2 atom stereocenters. The SMILES string of the molecule is O=C(CSc1nnnn1C[C@H]1CCCO1)N1c2ccccc2OC[C@@H]1c1ccccc1. The van der Waals surface area contributed by atoms with Gasteiger partial charge in [-0.25, -0.2) is 4.68 Å². The van der Waals surface area contributed by atoms with Crippen molar-refractivity contribution in [2.45, 2.75) is 36.7 Å². The molecule has 3 heterocycles. The van der Waals surface area contributed by atoms with Crippen molar-refractivity contribution >= 4 is 23.4 Å². The Labute approximate surface area is 184 Å². The van der Waals surface area contributed by atoms with Gasteiger partial charge in [0.1, 0.15) is 12.4 Å². The van der Waals surface area contributed by atoms with E-state index in [1.165, 1.54) is 11.8 Å². The fourth-order valence-corrected chi connectivity index (χ4v) is 4.76. The number of tetrazole rings is 1. The molecule has 0 radical (unpaired) electrons. The van der Waals surface area contributed by atoms with Gasteiger partial charge in [0.05, 0.1) is 30.1 Å². The highest BCUT2D eigenvalue weighted by molar-refractivity contribution is 7.99. The molecule has 3 aromatic rings. The van der Waals surface area contributed by atoms with Crippen molar-refractivity contribution in [3.05, 3.63) is 60.2 Å². The van der Waals surface area contributed by atoms with Gasteiger partial charge in [0.2, 0.25) is 11.1 Å². The number of hydrogen-bond acceptors (Lipinski definition) is 7. The molecule has 0 spiro atoms. The predicted octanol–water partition coefficient (Wildman–Crippen LogP) is 3.11. The molecule has 0 saturated carbocycles. The second-order valence-corrected chi connectivity index (χ2v) is 8.48. The third-order valence-electron chi connectivity index (χ3n) is 5.51. The number of carbonyl (C=O) groups is 1. The van der Waals surface area contributed by atoms with Gasteiger partial charge in [-0.05, 0) is 41.0 Å². The van der Waals surface area contributed by atoms with E-state index in [4.69, 9.17) is 9.47 Å². The molecule has 2 aliphatic rings. The van der Waals surface area contributed by atoms with E-state index in [9.17, 15) is 4.79 Å². The van der Waals surface area contributed by atoms with E-state index in [1.807, 2.05) is 59.5 Å². The summed E-state index contributed by atoms with van der Waals surface area (Å²) in [6.07, 6.45) is 2.20. The topological polar surface area (TPSA) is 82.4 Å². The van der Waals surface area contributed by atoms with Crippen molar-refractivity contribution < 1.29 is 14.3 Å². The highest BCUT2D eigenvalue weighted by atomic mass is 32.2. The average Bonchev–Trinajstić information content (AvgIpc) is 3.50. The number of carbonyl (C=O) groups excluding carboxylic acids is 1. The number of nitrogens with zero attached hydrogens (tertiary/aromatic N) is 5. The van der Waals surface area contributed by atoms with Gasteiger partial charge in [0.25, 0.3) is 0 Å². The van der Waals surface area contributed by atoms with E-state index in [0.717, 1.165) is 36.4 Å². The maximum absolute atomic E-state index is 13.4. The minimum Gasteiger partial charge on any atom is -0.489 e. The van der Waals surface area contributed by atoms with Crippen LogP contribution in [0.4, 0.5) is 5.69 Å². The number of amides is 1. The van der Waals surface area contributed by atoms with Crippen molar-refractivity contribution in [1.29, 1.82) is 0 Å². The van der Waals surface area contributed by atoms with Crippen LogP contribution < -0.4 is 9.64 Å². The lowest BCUT2D eigenvalue weighted by molar-refractivity contribution is -0.117. The summed E-state index contributed by atoms with van der Waals surface area (Å²) >= 11 is 1.35. The van der Waals surface area contributed by atoms with Crippen LogP contribution in [0.2, 0.25) is 0 Å². The monoisotopic (exact) mass is 437 g/mol. The largest absolute Gasteiger partial charge is 0.489 e. The first-order valence-electron chi connectivity index (χ1n) is 10.4. The van der Waals surface area contributed by atoms with Crippen molar-refractivity contribution in [3.63, 3.8) is 0 Å². The van der Waals surface area contributed by atoms with Crippen LogP contribution in [0.3, 0.4) is 0 Å². The Hall–Kier alpha value is -2.91. The van der Waals surface area contributed by atoms with Crippen LogP contribution in [0.5, 0.6) is 5.75 Å². The zero-order valence-corrected chi connectivity index (χ0v) is 17.8. The summed E-state index contributed by atoms with van der Waals surface area (Å²) in [7, 11) is 0. The van der Waals surface area contributed by atoms with E-state index in [0.29, 0.717) is 18.3 Å². The smallest absolute Gasteiger partial charge is 0.238 e. The van der Waals surface area contributed by atoms with Gasteiger partial charge in [-0.15, -0.1) is 5.10 Å². The molecule has 0 bridgehead atoms. The first kappa shape index (κ1) is 20.0. The van der Waals surface area contributed by atoms with Crippen LogP contribution in [0.15, 0.2) is 59.8 Å². The first-order chi connectivity index (χ1) is 15.3. The standard InChI is InChI=1S/C22H23N5O3S/c28-21(15-31-22-23-24-25-26(22)13-17-9-6-12-29-17)27-18-10-4-5-11-20(18)30-14-19(27)16-7-2-1-3-8-16/h1-5,7-8,10-11,17,19H,6,9,12-15H2/t17-,19-/m1/s1. The summed E-state index contributed by atoms with van der Waals surface area (Å²) < 4.78 is 13.4. The molecular formula is C22H23N5O3S. The van der Waals surface area contributed by atoms with Crippen LogP contribution in [-0.2, 0) is 16.1 Å². The van der Waals surface area contributed by atoms with Crippen molar-refractivity contribution in [3.8, 4) is 5.75 Å². The maximum atomic E-state index is 13.4. The highest BCUT2D eigenvalue weighted by Crippen LogP contribution is 2.39. The zero-order chi connectivity index (χ0) is 21.0. The fraction of sp³-hybridized carbons (Fsp3) is 0.364. The molecule has 160 valence electrons. The van der Waals surface area contributed by atoms with Crippen LogP contribution in [-0.4, -0.2) is 51.2 Å². The molecule has 0 unspecified atom stereocenters. The first-order valence-corrected chi connectivity index (χ1v) is 11.4.